The minimum Gasteiger partial charge on any atom is -0.465 e. The number of benzene rings is 1. The molecule has 0 radical (unpaired) electrons. The van der Waals surface area contributed by atoms with Crippen LogP contribution in [0.5, 0.6) is 0 Å². The molecule has 1 atom stereocenters. The lowest BCUT2D eigenvalue weighted by molar-refractivity contribution is -0.119. The molecule has 0 spiro atoms. The van der Waals surface area contributed by atoms with Crippen molar-refractivity contribution in [3.05, 3.63) is 28.8 Å². The molecule has 1 aliphatic heterocycles. The van der Waals surface area contributed by atoms with Crippen LogP contribution in [-0.2, 0) is 14.3 Å². The van der Waals surface area contributed by atoms with E-state index in [0.717, 1.165) is 6.54 Å². The number of rotatable bonds is 4. The number of ether oxygens (including phenoxy) is 2. The van der Waals surface area contributed by atoms with Crippen molar-refractivity contribution in [3.8, 4) is 0 Å². The van der Waals surface area contributed by atoms with Crippen molar-refractivity contribution in [1.29, 1.82) is 0 Å². The van der Waals surface area contributed by atoms with E-state index in [1.165, 1.54) is 13.2 Å². The summed E-state index contributed by atoms with van der Waals surface area (Å²) in [7, 11) is 1.27. The number of nitrogens with one attached hydrogen (secondary N) is 2. The first-order chi connectivity index (χ1) is 10.1. The van der Waals surface area contributed by atoms with Crippen LogP contribution in [-0.4, -0.2) is 44.8 Å². The fourth-order valence-corrected chi connectivity index (χ4v) is 2.24. The number of morpholine rings is 1. The van der Waals surface area contributed by atoms with Gasteiger partial charge in [0.15, 0.2) is 0 Å². The fourth-order valence-electron chi connectivity index (χ4n) is 2.06. The third kappa shape index (κ3) is 4.42. The summed E-state index contributed by atoms with van der Waals surface area (Å²) in [5, 5.41) is 6.24. The molecule has 0 bridgehead atoms. The van der Waals surface area contributed by atoms with Crippen LogP contribution in [0, 0.1) is 0 Å². The summed E-state index contributed by atoms with van der Waals surface area (Å²) in [6.45, 7) is 2.02. The number of hydrogen-bond donors (Lipinski definition) is 2. The van der Waals surface area contributed by atoms with Crippen LogP contribution in [0.3, 0.4) is 0 Å². The number of halogens is 1. The van der Waals surface area contributed by atoms with E-state index in [1.54, 1.807) is 12.1 Å². The predicted molar refractivity (Wildman–Crippen MR) is 78.6 cm³/mol. The van der Waals surface area contributed by atoms with Crippen LogP contribution >= 0.6 is 11.6 Å². The SMILES string of the molecule is COC(=O)c1cc(Cl)ccc1NC(=O)CC1CNCCO1. The number of hydrogen-bond acceptors (Lipinski definition) is 5. The normalized spacial score (nSPS) is 18.1. The van der Waals surface area contributed by atoms with E-state index in [2.05, 4.69) is 15.4 Å². The van der Waals surface area contributed by atoms with Crippen LogP contribution in [0.25, 0.3) is 0 Å². The van der Waals surface area contributed by atoms with Gasteiger partial charge in [0, 0.05) is 18.1 Å². The topological polar surface area (TPSA) is 76.7 Å². The molecular formula is C14H17ClN2O4. The first-order valence-corrected chi connectivity index (χ1v) is 6.98. The second kappa shape index (κ2) is 7.40. The highest BCUT2D eigenvalue weighted by Gasteiger charge is 2.19. The molecule has 7 heteroatoms. The molecule has 2 N–H and O–H groups in total. The first kappa shape index (κ1) is 15.8. The molecule has 6 nitrogen and oxygen atoms in total. The van der Waals surface area contributed by atoms with Gasteiger partial charge in [-0.3, -0.25) is 4.79 Å². The smallest absolute Gasteiger partial charge is 0.340 e. The number of carbonyl (C=O) groups is 2. The summed E-state index contributed by atoms with van der Waals surface area (Å²) in [4.78, 5) is 23.7. The quantitative estimate of drug-likeness (QED) is 0.823. The van der Waals surface area contributed by atoms with Gasteiger partial charge in [-0.2, -0.15) is 0 Å². The number of anilines is 1. The molecule has 1 saturated heterocycles. The lowest BCUT2D eigenvalue weighted by atomic mass is 10.1. The maximum Gasteiger partial charge on any atom is 0.340 e. The Balaban J connectivity index is 2.04. The van der Waals surface area contributed by atoms with Crippen LogP contribution in [0.4, 0.5) is 5.69 Å². The lowest BCUT2D eigenvalue weighted by Gasteiger charge is -2.23. The molecule has 1 unspecified atom stereocenters. The lowest BCUT2D eigenvalue weighted by Crippen LogP contribution is -2.40. The Morgan fingerprint density at radius 3 is 3.00 bits per heavy atom. The second-order valence-electron chi connectivity index (χ2n) is 4.63. The van der Waals surface area contributed by atoms with E-state index in [0.29, 0.717) is 23.9 Å². The maximum atomic E-state index is 12.0. The Morgan fingerprint density at radius 2 is 2.33 bits per heavy atom. The third-order valence-corrected chi connectivity index (χ3v) is 3.31. The fraction of sp³-hybridized carbons (Fsp3) is 0.429. The van der Waals surface area contributed by atoms with Crippen molar-refractivity contribution in [2.24, 2.45) is 0 Å². The van der Waals surface area contributed by atoms with Crippen molar-refractivity contribution in [3.63, 3.8) is 0 Å². The van der Waals surface area contributed by atoms with Gasteiger partial charge in [-0.15, -0.1) is 0 Å². The van der Waals surface area contributed by atoms with Crippen LogP contribution in [0.2, 0.25) is 5.02 Å². The third-order valence-electron chi connectivity index (χ3n) is 3.08. The van der Waals surface area contributed by atoms with E-state index < -0.39 is 5.97 Å². The zero-order valence-corrected chi connectivity index (χ0v) is 12.4. The van der Waals surface area contributed by atoms with E-state index in [1.807, 2.05) is 0 Å². The average molecular weight is 313 g/mol. The van der Waals surface area contributed by atoms with Gasteiger partial charge in [-0.1, -0.05) is 11.6 Å². The first-order valence-electron chi connectivity index (χ1n) is 6.60. The second-order valence-corrected chi connectivity index (χ2v) is 5.07. The summed E-state index contributed by atoms with van der Waals surface area (Å²) >= 11 is 5.86. The number of amides is 1. The Kier molecular flexibility index (Phi) is 5.55. The monoisotopic (exact) mass is 312 g/mol. The molecule has 1 aliphatic rings. The molecule has 1 heterocycles. The highest BCUT2D eigenvalue weighted by molar-refractivity contribution is 6.31. The van der Waals surface area contributed by atoms with E-state index in [4.69, 9.17) is 16.3 Å². The van der Waals surface area contributed by atoms with Crippen LogP contribution in [0.1, 0.15) is 16.8 Å². The molecule has 0 aromatic heterocycles. The summed E-state index contributed by atoms with van der Waals surface area (Å²) < 4.78 is 10.1. The van der Waals surface area contributed by atoms with Crippen molar-refractivity contribution < 1.29 is 19.1 Å². The van der Waals surface area contributed by atoms with Gasteiger partial charge in [0.05, 0.1) is 37.5 Å². The maximum absolute atomic E-state index is 12.0. The minimum atomic E-state index is -0.552. The van der Waals surface area contributed by atoms with Gasteiger partial charge in [-0.25, -0.2) is 4.79 Å². The largest absolute Gasteiger partial charge is 0.465 e. The van der Waals surface area contributed by atoms with Crippen molar-refractivity contribution in [2.45, 2.75) is 12.5 Å². The van der Waals surface area contributed by atoms with E-state index in [-0.39, 0.29) is 24.0 Å². The summed E-state index contributed by atoms with van der Waals surface area (Å²) in [6.07, 6.45) is 0.0589. The van der Waals surface area contributed by atoms with Crippen molar-refractivity contribution >= 4 is 29.2 Å². The zero-order valence-electron chi connectivity index (χ0n) is 11.6. The van der Waals surface area contributed by atoms with Gasteiger partial charge in [-0.05, 0) is 18.2 Å². The molecule has 1 fully saturated rings. The standard InChI is InChI=1S/C14H17ClN2O4/c1-20-14(19)11-6-9(15)2-3-12(11)17-13(18)7-10-8-16-4-5-21-10/h2-3,6,10,16H,4-5,7-8H2,1H3,(H,17,18). The van der Waals surface area contributed by atoms with Crippen molar-refractivity contribution in [2.75, 3.05) is 32.1 Å². The molecule has 21 heavy (non-hydrogen) atoms. The Morgan fingerprint density at radius 1 is 1.52 bits per heavy atom. The Hall–Kier alpha value is -1.63. The molecule has 1 aromatic rings. The number of methoxy groups -OCH3 is 1. The Labute approximate surface area is 127 Å². The van der Waals surface area contributed by atoms with Crippen molar-refractivity contribution in [1.82, 2.24) is 5.32 Å². The van der Waals surface area contributed by atoms with Gasteiger partial charge in [0.2, 0.25) is 5.91 Å². The average Bonchev–Trinajstić information content (AvgIpc) is 2.49. The number of esters is 1. The molecule has 0 aliphatic carbocycles. The highest BCUT2D eigenvalue weighted by Crippen LogP contribution is 2.22. The molecule has 1 aromatic carbocycles. The van der Waals surface area contributed by atoms with E-state index >= 15 is 0 Å². The van der Waals surface area contributed by atoms with Gasteiger partial charge in [0.25, 0.3) is 0 Å². The summed E-state index contributed by atoms with van der Waals surface area (Å²) in [5.41, 5.74) is 0.598. The number of carbonyl (C=O) groups excluding carboxylic acids is 2. The van der Waals surface area contributed by atoms with Crippen LogP contribution in [0.15, 0.2) is 18.2 Å². The highest BCUT2D eigenvalue weighted by atomic mass is 35.5. The van der Waals surface area contributed by atoms with E-state index in [9.17, 15) is 9.59 Å². The molecule has 114 valence electrons. The zero-order chi connectivity index (χ0) is 15.2. The summed E-state index contributed by atoms with van der Waals surface area (Å²) in [5.74, 6) is -0.778. The molecule has 1 amide bonds. The predicted octanol–water partition coefficient (Wildman–Crippen LogP) is 1.44. The van der Waals surface area contributed by atoms with Gasteiger partial charge < -0.3 is 20.1 Å². The molecular weight excluding hydrogens is 296 g/mol. The minimum absolute atomic E-state index is 0.160. The Bertz CT molecular complexity index is 530. The van der Waals surface area contributed by atoms with Crippen LogP contribution < -0.4 is 10.6 Å². The van der Waals surface area contributed by atoms with Gasteiger partial charge in [0.1, 0.15) is 0 Å². The summed E-state index contributed by atoms with van der Waals surface area (Å²) in [6, 6.07) is 4.64. The molecule has 2 rings (SSSR count). The van der Waals surface area contributed by atoms with Gasteiger partial charge >= 0.3 is 5.97 Å². The molecule has 0 saturated carbocycles.